The number of benzene rings is 1. The van der Waals surface area contributed by atoms with E-state index in [0.717, 1.165) is 0 Å². The monoisotopic (exact) mass is 248 g/mol. The highest BCUT2D eigenvalue weighted by Crippen LogP contribution is 2.39. The molecule has 0 amide bonds. The number of hydrogen-bond acceptors (Lipinski definition) is 4. The summed E-state index contributed by atoms with van der Waals surface area (Å²) in [4.78, 5) is 11.6. The number of aliphatic hydroxyl groups is 1. The molecule has 4 heteroatoms. The van der Waals surface area contributed by atoms with Crippen molar-refractivity contribution in [3.05, 3.63) is 29.8 Å². The van der Waals surface area contributed by atoms with Gasteiger partial charge in [-0.05, 0) is 24.6 Å². The number of para-hydroxylation sites is 1. The number of ether oxygens (including phenoxy) is 1. The van der Waals surface area contributed by atoms with E-state index in [1.807, 2.05) is 0 Å². The molecule has 0 fully saturated rings. The van der Waals surface area contributed by atoms with Crippen molar-refractivity contribution < 1.29 is 19.7 Å². The Labute approximate surface area is 106 Å². The van der Waals surface area contributed by atoms with Gasteiger partial charge < -0.3 is 14.9 Å². The maximum atomic E-state index is 11.6. The molecule has 0 aliphatic heterocycles. The Bertz CT molecular complexity index is 515. The molecule has 2 N–H and O–H groups in total. The SMILES string of the molecule is COc1cccc(C2=CC(=O)CC(C)(O)C2)c1O. The Morgan fingerprint density at radius 1 is 1.33 bits per heavy atom. The largest absolute Gasteiger partial charge is 0.504 e. The zero-order chi connectivity index (χ0) is 13.3. The van der Waals surface area contributed by atoms with E-state index >= 15 is 0 Å². The summed E-state index contributed by atoms with van der Waals surface area (Å²) in [6, 6.07) is 5.09. The molecule has 18 heavy (non-hydrogen) atoms. The number of phenolic OH excluding ortho intramolecular Hbond substituents is 1. The molecule has 1 aromatic rings. The van der Waals surface area contributed by atoms with Crippen molar-refractivity contribution in [2.75, 3.05) is 7.11 Å². The number of aromatic hydroxyl groups is 1. The Balaban J connectivity index is 2.46. The van der Waals surface area contributed by atoms with Crippen molar-refractivity contribution in [2.45, 2.75) is 25.4 Å². The summed E-state index contributed by atoms with van der Waals surface area (Å²) in [6.07, 6.45) is 1.92. The van der Waals surface area contributed by atoms with Gasteiger partial charge in [0, 0.05) is 18.4 Å². The van der Waals surface area contributed by atoms with Gasteiger partial charge in [0.2, 0.25) is 0 Å². The second-order valence-electron chi connectivity index (χ2n) is 4.84. The lowest BCUT2D eigenvalue weighted by Gasteiger charge is -2.28. The third kappa shape index (κ3) is 2.38. The normalized spacial score (nSPS) is 23.7. The highest BCUT2D eigenvalue weighted by atomic mass is 16.5. The van der Waals surface area contributed by atoms with Crippen LogP contribution < -0.4 is 4.74 Å². The first-order valence-electron chi connectivity index (χ1n) is 5.75. The van der Waals surface area contributed by atoms with Gasteiger partial charge in [-0.3, -0.25) is 4.79 Å². The van der Waals surface area contributed by atoms with Crippen LogP contribution in [0, 0.1) is 0 Å². The predicted molar refractivity (Wildman–Crippen MR) is 67.5 cm³/mol. The zero-order valence-electron chi connectivity index (χ0n) is 10.4. The second kappa shape index (κ2) is 4.46. The number of phenols is 1. The van der Waals surface area contributed by atoms with Crippen molar-refractivity contribution >= 4 is 11.4 Å². The maximum Gasteiger partial charge on any atom is 0.165 e. The minimum Gasteiger partial charge on any atom is -0.504 e. The zero-order valence-corrected chi connectivity index (χ0v) is 10.4. The van der Waals surface area contributed by atoms with Gasteiger partial charge in [0.1, 0.15) is 0 Å². The summed E-state index contributed by atoms with van der Waals surface area (Å²) < 4.78 is 5.03. The fraction of sp³-hybridized carbons (Fsp3) is 0.357. The number of carbonyl (C=O) groups is 1. The lowest BCUT2D eigenvalue weighted by Crippen LogP contribution is -2.30. The van der Waals surface area contributed by atoms with Gasteiger partial charge in [-0.25, -0.2) is 0 Å². The number of rotatable bonds is 2. The van der Waals surface area contributed by atoms with Crippen LogP contribution in [0.5, 0.6) is 11.5 Å². The molecule has 0 aromatic heterocycles. The van der Waals surface area contributed by atoms with Crippen LogP contribution in [-0.4, -0.2) is 28.7 Å². The van der Waals surface area contributed by atoms with Crippen LogP contribution in [0.25, 0.3) is 5.57 Å². The summed E-state index contributed by atoms with van der Waals surface area (Å²) >= 11 is 0. The minimum absolute atomic E-state index is 0.00301. The summed E-state index contributed by atoms with van der Waals surface area (Å²) in [6.45, 7) is 1.62. The Morgan fingerprint density at radius 2 is 2.06 bits per heavy atom. The first-order chi connectivity index (χ1) is 8.43. The summed E-state index contributed by atoms with van der Waals surface area (Å²) in [7, 11) is 1.47. The Hall–Kier alpha value is -1.81. The Kier molecular flexibility index (Phi) is 3.13. The topological polar surface area (TPSA) is 66.8 Å². The van der Waals surface area contributed by atoms with Crippen molar-refractivity contribution in [3.8, 4) is 11.5 Å². The van der Waals surface area contributed by atoms with Gasteiger partial charge in [0.05, 0.1) is 12.7 Å². The molecule has 1 aromatic carbocycles. The average Bonchev–Trinajstić information content (AvgIpc) is 2.26. The van der Waals surface area contributed by atoms with E-state index in [1.165, 1.54) is 13.2 Å². The fourth-order valence-corrected chi connectivity index (χ4v) is 2.26. The van der Waals surface area contributed by atoms with E-state index in [-0.39, 0.29) is 18.0 Å². The molecule has 1 aliphatic carbocycles. The molecule has 0 saturated carbocycles. The molecule has 0 heterocycles. The van der Waals surface area contributed by atoms with Gasteiger partial charge in [-0.1, -0.05) is 12.1 Å². The summed E-state index contributed by atoms with van der Waals surface area (Å²) in [5.41, 5.74) is 0.103. The first-order valence-corrected chi connectivity index (χ1v) is 5.75. The lowest BCUT2D eigenvalue weighted by molar-refractivity contribution is -0.119. The molecular formula is C14H16O4. The molecule has 0 radical (unpaired) electrons. The van der Waals surface area contributed by atoms with Crippen LogP contribution >= 0.6 is 0 Å². The summed E-state index contributed by atoms with van der Waals surface area (Å²) in [5, 5.41) is 20.1. The Morgan fingerprint density at radius 3 is 2.67 bits per heavy atom. The van der Waals surface area contributed by atoms with Crippen molar-refractivity contribution in [1.29, 1.82) is 0 Å². The third-order valence-corrected chi connectivity index (χ3v) is 3.03. The minimum atomic E-state index is -1.06. The fourth-order valence-electron chi connectivity index (χ4n) is 2.26. The van der Waals surface area contributed by atoms with Gasteiger partial charge in [0.25, 0.3) is 0 Å². The van der Waals surface area contributed by atoms with Gasteiger partial charge in [0.15, 0.2) is 17.3 Å². The van der Waals surface area contributed by atoms with Crippen LogP contribution in [0.3, 0.4) is 0 Å². The number of carbonyl (C=O) groups excluding carboxylic acids is 1. The van der Waals surface area contributed by atoms with Gasteiger partial charge >= 0.3 is 0 Å². The average molecular weight is 248 g/mol. The van der Waals surface area contributed by atoms with Gasteiger partial charge in [-0.2, -0.15) is 0 Å². The highest BCUT2D eigenvalue weighted by molar-refractivity contribution is 6.00. The number of hydrogen-bond donors (Lipinski definition) is 2. The molecule has 2 rings (SSSR count). The first kappa shape index (κ1) is 12.6. The molecular weight excluding hydrogens is 232 g/mol. The number of ketones is 1. The molecule has 1 unspecified atom stereocenters. The van der Waals surface area contributed by atoms with Crippen LogP contribution in [0.15, 0.2) is 24.3 Å². The smallest absolute Gasteiger partial charge is 0.165 e. The van der Waals surface area contributed by atoms with E-state index in [2.05, 4.69) is 0 Å². The predicted octanol–water partition coefficient (Wildman–Crippen LogP) is 1.90. The standard InChI is InChI=1S/C14H16O4/c1-14(17)7-9(6-10(15)8-14)11-4-3-5-12(18-2)13(11)16/h3-6,16-17H,7-8H2,1-2H3. The molecule has 0 bridgehead atoms. The number of allylic oxidation sites excluding steroid dienone is 1. The molecule has 0 saturated heterocycles. The van der Waals surface area contributed by atoms with Crippen LogP contribution in [0.4, 0.5) is 0 Å². The van der Waals surface area contributed by atoms with Crippen LogP contribution in [-0.2, 0) is 4.79 Å². The van der Waals surface area contributed by atoms with E-state index in [4.69, 9.17) is 4.74 Å². The number of methoxy groups -OCH3 is 1. The van der Waals surface area contributed by atoms with Gasteiger partial charge in [-0.15, -0.1) is 0 Å². The third-order valence-electron chi connectivity index (χ3n) is 3.03. The second-order valence-corrected chi connectivity index (χ2v) is 4.84. The highest BCUT2D eigenvalue weighted by Gasteiger charge is 2.31. The van der Waals surface area contributed by atoms with E-state index in [0.29, 0.717) is 23.3 Å². The quantitative estimate of drug-likeness (QED) is 0.838. The van der Waals surface area contributed by atoms with Crippen molar-refractivity contribution in [2.24, 2.45) is 0 Å². The molecule has 0 spiro atoms. The van der Waals surface area contributed by atoms with Crippen LogP contribution in [0.1, 0.15) is 25.3 Å². The molecule has 96 valence electrons. The molecule has 1 atom stereocenters. The van der Waals surface area contributed by atoms with Crippen molar-refractivity contribution in [1.82, 2.24) is 0 Å². The van der Waals surface area contributed by atoms with E-state index in [1.54, 1.807) is 25.1 Å². The maximum absolute atomic E-state index is 11.6. The van der Waals surface area contributed by atoms with E-state index in [9.17, 15) is 15.0 Å². The molecule has 4 nitrogen and oxygen atoms in total. The molecule has 1 aliphatic rings. The van der Waals surface area contributed by atoms with Crippen LogP contribution in [0.2, 0.25) is 0 Å². The lowest BCUT2D eigenvalue weighted by atomic mass is 9.82. The van der Waals surface area contributed by atoms with E-state index < -0.39 is 5.60 Å². The van der Waals surface area contributed by atoms with Crippen molar-refractivity contribution in [3.63, 3.8) is 0 Å². The summed E-state index contributed by atoms with van der Waals surface area (Å²) in [5.74, 6) is 0.214.